The molecular weight excluding hydrogens is 345 g/mol. The molecule has 6 nitrogen and oxygen atoms in total. The van der Waals surface area contributed by atoms with E-state index in [2.05, 4.69) is 15.0 Å². The Bertz CT molecular complexity index is 902. The Morgan fingerprint density at radius 2 is 1.74 bits per heavy atom. The second-order valence-electron chi connectivity index (χ2n) is 6.55. The van der Waals surface area contributed by atoms with E-state index in [1.165, 1.54) is 12.4 Å². The number of carbonyl (C=O) groups excluding carboxylic acids is 1. The number of nitrogens with zero attached hydrogens (tertiary/aromatic N) is 5. The average molecular weight is 365 g/mol. The van der Waals surface area contributed by atoms with Crippen molar-refractivity contribution in [2.45, 2.75) is 6.54 Å². The van der Waals surface area contributed by atoms with Gasteiger partial charge in [-0.1, -0.05) is 18.2 Å². The van der Waals surface area contributed by atoms with Gasteiger partial charge in [0, 0.05) is 43.9 Å². The van der Waals surface area contributed by atoms with Gasteiger partial charge in [0.25, 0.3) is 5.91 Å². The summed E-state index contributed by atoms with van der Waals surface area (Å²) < 4.78 is 15.5. The first-order valence-electron chi connectivity index (χ1n) is 8.91. The highest BCUT2D eigenvalue weighted by Crippen LogP contribution is 2.15. The van der Waals surface area contributed by atoms with E-state index in [-0.39, 0.29) is 11.7 Å². The van der Waals surface area contributed by atoms with E-state index in [1.807, 2.05) is 41.3 Å². The maximum Gasteiger partial charge on any atom is 0.253 e. The molecule has 27 heavy (non-hydrogen) atoms. The fourth-order valence-electron chi connectivity index (χ4n) is 3.26. The molecule has 1 saturated heterocycles. The zero-order valence-electron chi connectivity index (χ0n) is 14.8. The molecule has 4 rings (SSSR count). The molecule has 0 unspecified atom stereocenters. The van der Waals surface area contributed by atoms with E-state index in [0.717, 1.165) is 18.8 Å². The fourth-order valence-corrected chi connectivity index (χ4v) is 3.26. The number of carbonyl (C=O) groups is 1. The normalized spacial score (nSPS) is 15.1. The second-order valence-corrected chi connectivity index (χ2v) is 6.55. The van der Waals surface area contributed by atoms with Gasteiger partial charge in [-0.3, -0.25) is 9.69 Å². The highest BCUT2D eigenvalue weighted by atomic mass is 19.1. The van der Waals surface area contributed by atoms with Crippen LogP contribution in [0.3, 0.4) is 0 Å². The molecule has 0 N–H and O–H groups in total. The molecule has 1 fully saturated rings. The Hall–Kier alpha value is -3.06. The first kappa shape index (κ1) is 17.4. The van der Waals surface area contributed by atoms with E-state index in [1.54, 1.807) is 17.1 Å². The lowest BCUT2D eigenvalue weighted by Gasteiger charge is -2.34. The number of benzene rings is 2. The Morgan fingerprint density at radius 3 is 2.41 bits per heavy atom. The van der Waals surface area contributed by atoms with Crippen LogP contribution >= 0.6 is 0 Å². The van der Waals surface area contributed by atoms with Crippen LogP contribution in [0.4, 0.5) is 4.39 Å². The van der Waals surface area contributed by atoms with Crippen molar-refractivity contribution in [1.29, 1.82) is 0 Å². The highest BCUT2D eigenvalue weighted by molar-refractivity contribution is 5.94. The minimum atomic E-state index is -0.177. The Balaban J connectivity index is 1.35. The van der Waals surface area contributed by atoms with E-state index in [4.69, 9.17) is 0 Å². The number of aromatic nitrogens is 3. The van der Waals surface area contributed by atoms with Gasteiger partial charge >= 0.3 is 0 Å². The van der Waals surface area contributed by atoms with E-state index < -0.39 is 0 Å². The molecule has 0 saturated carbocycles. The van der Waals surface area contributed by atoms with Crippen molar-refractivity contribution in [2.75, 3.05) is 26.2 Å². The lowest BCUT2D eigenvalue weighted by molar-refractivity contribution is 0.0627. The average Bonchev–Trinajstić information content (AvgIpc) is 3.25. The third kappa shape index (κ3) is 3.88. The summed E-state index contributed by atoms with van der Waals surface area (Å²) in [5, 5.41) is 4.08. The zero-order valence-corrected chi connectivity index (χ0v) is 14.8. The number of hydrogen-bond acceptors (Lipinski definition) is 4. The van der Waals surface area contributed by atoms with Crippen molar-refractivity contribution < 1.29 is 9.18 Å². The van der Waals surface area contributed by atoms with Gasteiger partial charge in [0.2, 0.25) is 0 Å². The summed E-state index contributed by atoms with van der Waals surface area (Å²) in [5.41, 5.74) is 2.21. The third-order valence-corrected chi connectivity index (χ3v) is 4.81. The van der Waals surface area contributed by atoms with Crippen LogP contribution in [-0.4, -0.2) is 56.7 Å². The molecule has 1 aliphatic rings. The second kappa shape index (κ2) is 7.67. The lowest BCUT2D eigenvalue weighted by atomic mass is 10.1. The first-order valence-corrected chi connectivity index (χ1v) is 8.91. The lowest BCUT2D eigenvalue weighted by Crippen LogP contribution is -2.48. The van der Waals surface area contributed by atoms with Crippen LogP contribution in [0.2, 0.25) is 0 Å². The van der Waals surface area contributed by atoms with Crippen molar-refractivity contribution >= 4 is 5.91 Å². The summed E-state index contributed by atoms with van der Waals surface area (Å²) in [6.45, 7) is 3.31. The Kier molecular flexibility index (Phi) is 4.93. The third-order valence-electron chi connectivity index (χ3n) is 4.81. The number of halogens is 1. The number of rotatable bonds is 4. The van der Waals surface area contributed by atoms with Crippen LogP contribution in [0.5, 0.6) is 0 Å². The monoisotopic (exact) mass is 365 g/mol. The van der Waals surface area contributed by atoms with Crippen LogP contribution in [0, 0.1) is 5.82 Å². The van der Waals surface area contributed by atoms with Crippen molar-refractivity contribution in [3.8, 4) is 5.69 Å². The Labute approximate surface area is 156 Å². The zero-order chi connectivity index (χ0) is 18.6. The van der Waals surface area contributed by atoms with Crippen LogP contribution in [0.15, 0.2) is 61.2 Å². The molecule has 2 heterocycles. The van der Waals surface area contributed by atoms with E-state index >= 15 is 0 Å². The van der Waals surface area contributed by atoms with Gasteiger partial charge in [-0.15, -0.1) is 0 Å². The van der Waals surface area contributed by atoms with Gasteiger partial charge in [0.05, 0.1) is 5.69 Å². The summed E-state index contributed by atoms with van der Waals surface area (Å²) in [7, 11) is 0. The molecule has 1 aliphatic heterocycles. The fraction of sp³-hybridized carbons (Fsp3) is 0.250. The summed E-state index contributed by atoms with van der Waals surface area (Å²) in [5.74, 6) is -0.158. The molecular formula is C20H20FN5O. The van der Waals surface area contributed by atoms with Crippen LogP contribution < -0.4 is 0 Å². The van der Waals surface area contributed by atoms with Gasteiger partial charge in [-0.2, -0.15) is 5.10 Å². The van der Waals surface area contributed by atoms with Gasteiger partial charge in [0.1, 0.15) is 18.5 Å². The number of amides is 1. The first-order chi connectivity index (χ1) is 13.2. The number of piperazine rings is 1. The Morgan fingerprint density at radius 1 is 1.00 bits per heavy atom. The molecule has 1 amide bonds. The maximum atomic E-state index is 13.8. The summed E-state index contributed by atoms with van der Waals surface area (Å²) in [4.78, 5) is 20.7. The SMILES string of the molecule is O=C(c1ccc(-n2cncn2)cc1)N1CCN(Cc2ccccc2F)CC1. The molecule has 0 atom stereocenters. The van der Waals surface area contributed by atoms with Crippen LogP contribution in [0.1, 0.15) is 15.9 Å². The molecule has 0 spiro atoms. The van der Waals surface area contributed by atoms with Gasteiger partial charge in [-0.05, 0) is 30.3 Å². The minimum absolute atomic E-state index is 0.0191. The molecule has 7 heteroatoms. The standard InChI is InChI=1S/C20H20FN5O/c21-19-4-2-1-3-17(19)13-24-9-11-25(12-10-24)20(27)16-5-7-18(8-6-16)26-15-22-14-23-26/h1-8,14-15H,9-13H2. The van der Waals surface area contributed by atoms with Gasteiger partial charge < -0.3 is 4.90 Å². The molecule has 0 radical (unpaired) electrons. The summed E-state index contributed by atoms with van der Waals surface area (Å²) in [6.07, 6.45) is 3.09. The largest absolute Gasteiger partial charge is 0.336 e. The van der Waals surface area contributed by atoms with Crippen molar-refractivity contribution in [1.82, 2.24) is 24.6 Å². The van der Waals surface area contributed by atoms with Crippen LogP contribution in [0.25, 0.3) is 5.69 Å². The smallest absolute Gasteiger partial charge is 0.253 e. The maximum absolute atomic E-state index is 13.8. The van der Waals surface area contributed by atoms with Crippen LogP contribution in [-0.2, 0) is 6.54 Å². The molecule has 0 bridgehead atoms. The minimum Gasteiger partial charge on any atom is -0.336 e. The van der Waals surface area contributed by atoms with E-state index in [0.29, 0.717) is 30.8 Å². The molecule has 138 valence electrons. The summed E-state index contributed by atoms with van der Waals surface area (Å²) >= 11 is 0. The van der Waals surface area contributed by atoms with Crippen molar-refractivity contribution in [3.05, 3.63) is 78.1 Å². The molecule has 3 aromatic rings. The quantitative estimate of drug-likeness (QED) is 0.712. The molecule has 2 aromatic carbocycles. The number of hydrogen-bond donors (Lipinski definition) is 0. The summed E-state index contributed by atoms with van der Waals surface area (Å²) in [6, 6.07) is 14.2. The molecule has 0 aliphatic carbocycles. The predicted molar refractivity (Wildman–Crippen MR) is 98.9 cm³/mol. The van der Waals surface area contributed by atoms with Gasteiger partial charge in [-0.25, -0.2) is 14.1 Å². The highest BCUT2D eigenvalue weighted by Gasteiger charge is 2.22. The van der Waals surface area contributed by atoms with Gasteiger partial charge in [0.15, 0.2) is 0 Å². The predicted octanol–water partition coefficient (Wildman–Crippen LogP) is 2.36. The van der Waals surface area contributed by atoms with E-state index in [9.17, 15) is 9.18 Å². The van der Waals surface area contributed by atoms with Crippen molar-refractivity contribution in [2.24, 2.45) is 0 Å². The molecule has 1 aromatic heterocycles. The van der Waals surface area contributed by atoms with Crippen molar-refractivity contribution in [3.63, 3.8) is 0 Å². The topological polar surface area (TPSA) is 54.3 Å².